The molecule has 2 aromatic carbocycles. The van der Waals surface area contributed by atoms with E-state index in [1.54, 1.807) is 38.3 Å². The Balaban J connectivity index is 2.12. The predicted octanol–water partition coefficient (Wildman–Crippen LogP) is 2.80. The molecule has 128 valence electrons. The van der Waals surface area contributed by atoms with E-state index in [1.807, 2.05) is 19.1 Å². The SMILES string of the molecule is CCOc1ccc(S(=O)(=O)N/N=C(\C)c2ccc(OC)cc2)cc1. The molecule has 0 spiro atoms. The molecule has 2 aromatic rings. The molecule has 0 bridgehead atoms. The van der Waals surface area contributed by atoms with Gasteiger partial charge in [0.15, 0.2) is 0 Å². The van der Waals surface area contributed by atoms with E-state index in [2.05, 4.69) is 9.93 Å². The lowest BCUT2D eigenvalue weighted by Crippen LogP contribution is -2.19. The summed E-state index contributed by atoms with van der Waals surface area (Å²) in [5.41, 5.74) is 1.34. The summed E-state index contributed by atoms with van der Waals surface area (Å²) in [5, 5.41) is 3.96. The Morgan fingerprint density at radius 3 is 2.17 bits per heavy atom. The van der Waals surface area contributed by atoms with Crippen molar-refractivity contribution in [3.63, 3.8) is 0 Å². The molecule has 1 N–H and O–H groups in total. The van der Waals surface area contributed by atoms with Crippen LogP contribution in [0.2, 0.25) is 0 Å². The summed E-state index contributed by atoms with van der Waals surface area (Å²) in [7, 11) is -2.14. The topological polar surface area (TPSA) is 77.0 Å². The lowest BCUT2D eigenvalue weighted by atomic mass is 10.1. The lowest BCUT2D eigenvalue weighted by molar-refractivity contribution is 0.340. The van der Waals surface area contributed by atoms with E-state index < -0.39 is 10.0 Å². The number of hydrogen-bond donors (Lipinski definition) is 1. The number of ether oxygens (including phenoxy) is 2. The molecule has 0 radical (unpaired) electrons. The second kappa shape index (κ2) is 7.83. The van der Waals surface area contributed by atoms with Gasteiger partial charge in [-0.1, -0.05) is 0 Å². The molecule has 6 nitrogen and oxygen atoms in total. The van der Waals surface area contributed by atoms with Gasteiger partial charge in [-0.05, 0) is 67.9 Å². The smallest absolute Gasteiger partial charge is 0.276 e. The van der Waals surface area contributed by atoms with Crippen LogP contribution in [0, 0.1) is 0 Å². The maximum Gasteiger partial charge on any atom is 0.276 e. The molecule has 0 saturated heterocycles. The summed E-state index contributed by atoms with van der Waals surface area (Å²) >= 11 is 0. The van der Waals surface area contributed by atoms with Gasteiger partial charge in [-0.25, -0.2) is 0 Å². The van der Waals surface area contributed by atoms with E-state index >= 15 is 0 Å². The third-order valence-corrected chi connectivity index (χ3v) is 4.51. The molecule has 0 aliphatic heterocycles. The highest BCUT2D eigenvalue weighted by molar-refractivity contribution is 7.89. The Bertz CT molecular complexity index is 797. The summed E-state index contributed by atoms with van der Waals surface area (Å²) in [6.45, 7) is 4.11. The standard InChI is InChI=1S/C17H20N2O4S/c1-4-23-16-9-11-17(12-10-16)24(20,21)19-18-13(2)14-5-7-15(22-3)8-6-14/h5-12,19H,4H2,1-3H3/b18-13+. The van der Waals surface area contributed by atoms with Crippen molar-refractivity contribution >= 4 is 15.7 Å². The van der Waals surface area contributed by atoms with Crippen LogP contribution in [0.25, 0.3) is 0 Å². The minimum absolute atomic E-state index is 0.122. The van der Waals surface area contributed by atoms with Crippen molar-refractivity contribution in [1.29, 1.82) is 0 Å². The zero-order chi connectivity index (χ0) is 17.6. The van der Waals surface area contributed by atoms with Gasteiger partial charge in [0.2, 0.25) is 0 Å². The van der Waals surface area contributed by atoms with Crippen LogP contribution in [0.3, 0.4) is 0 Å². The van der Waals surface area contributed by atoms with Gasteiger partial charge in [0.25, 0.3) is 10.0 Å². The van der Waals surface area contributed by atoms with Gasteiger partial charge in [0.1, 0.15) is 11.5 Å². The van der Waals surface area contributed by atoms with Crippen molar-refractivity contribution in [2.75, 3.05) is 13.7 Å². The molecule has 7 heteroatoms. The van der Waals surface area contributed by atoms with Crippen molar-refractivity contribution in [3.05, 3.63) is 54.1 Å². The van der Waals surface area contributed by atoms with Gasteiger partial charge in [-0.3, -0.25) is 0 Å². The van der Waals surface area contributed by atoms with Crippen molar-refractivity contribution in [3.8, 4) is 11.5 Å². The molecule has 0 aliphatic rings. The number of nitrogens with zero attached hydrogens (tertiary/aromatic N) is 1. The van der Waals surface area contributed by atoms with Crippen molar-refractivity contribution in [2.45, 2.75) is 18.7 Å². The molecular weight excluding hydrogens is 328 g/mol. The van der Waals surface area contributed by atoms with Crippen molar-refractivity contribution < 1.29 is 17.9 Å². The number of hydrogen-bond acceptors (Lipinski definition) is 5. The summed E-state index contributed by atoms with van der Waals surface area (Å²) in [5.74, 6) is 1.34. The molecule has 0 heterocycles. The zero-order valence-electron chi connectivity index (χ0n) is 13.8. The highest BCUT2D eigenvalue weighted by Gasteiger charge is 2.13. The average molecular weight is 348 g/mol. The summed E-state index contributed by atoms with van der Waals surface area (Å²) < 4.78 is 34.9. The fourth-order valence-electron chi connectivity index (χ4n) is 1.96. The summed E-state index contributed by atoms with van der Waals surface area (Å²) in [6, 6.07) is 13.4. The first-order valence-electron chi connectivity index (χ1n) is 7.39. The number of methoxy groups -OCH3 is 1. The van der Waals surface area contributed by atoms with Gasteiger partial charge < -0.3 is 9.47 Å². The second-order valence-electron chi connectivity index (χ2n) is 4.92. The minimum Gasteiger partial charge on any atom is -0.497 e. The van der Waals surface area contributed by atoms with E-state index in [4.69, 9.17) is 9.47 Å². The van der Waals surface area contributed by atoms with Crippen LogP contribution < -0.4 is 14.3 Å². The van der Waals surface area contributed by atoms with Crippen LogP contribution in [-0.4, -0.2) is 27.8 Å². The molecule has 2 rings (SSSR count). The van der Waals surface area contributed by atoms with Crippen LogP contribution in [-0.2, 0) is 10.0 Å². The number of rotatable bonds is 7. The van der Waals surface area contributed by atoms with Crippen LogP contribution in [0.1, 0.15) is 19.4 Å². The number of sulfonamides is 1. The van der Waals surface area contributed by atoms with Crippen LogP contribution in [0.4, 0.5) is 0 Å². The molecule has 24 heavy (non-hydrogen) atoms. The Labute approximate surface area is 142 Å². The van der Waals surface area contributed by atoms with Crippen molar-refractivity contribution in [1.82, 2.24) is 4.83 Å². The summed E-state index contributed by atoms with van der Waals surface area (Å²) in [6.07, 6.45) is 0. The monoisotopic (exact) mass is 348 g/mol. The molecular formula is C17H20N2O4S. The predicted molar refractivity (Wildman–Crippen MR) is 93.1 cm³/mol. The number of benzene rings is 2. The Hall–Kier alpha value is -2.54. The first-order valence-corrected chi connectivity index (χ1v) is 8.88. The molecule has 0 atom stereocenters. The van der Waals surface area contributed by atoms with Gasteiger partial charge in [-0.15, -0.1) is 0 Å². The molecule has 0 amide bonds. The third kappa shape index (κ3) is 4.48. The Morgan fingerprint density at radius 2 is 1.62 bits per heavy atom. The number of nitrogens with one attached hydrogen (secondary N) is 1. The van der Waals surface area contributed by atoms with Crippen molar-refractivity contribution in [2.24, 2.45) is 5.10 Å². The van der Waals surface area contributed by atoms with E-state index in [1.165, 1.54) is 12.1 Å². The third-order valence-electron chi connectivity index (χ3n) is 3.29. The Kier molecular flexibility index (Phi) is 5.81. The van der Waals surface area contributed by atoms with Gasteiger partial charge in [0, 0.05) is 0 Å². The highest BCUT2D eigenvalue weighted by Crippen LogP contribution is 2.16. The lowest BCUT2D eigenvalue weighted by Gasteiger charge is -2.07. The zero-order valence-corrected chi connectivity index (χ0v) is 14.6. The molecule has 0 unspecified atom stereocenters. The van der Waals surface area contributed by atoms with Crippen LogP contribution in [0.5, 0.6) is 11.5 Å². The van der Waals surface area contributed by atoms with E-state index in [-0.39, 0.29) is 4.90 Å². The maximum atomic E-state index is 12.3. The average Bonchev–Trinajstić information content (AvgIpc) is 2.60. The van der Waals surface area contributed by atoms with E-state index in [9.17, 15) is 8.42 Å². The minimum atomic E-state index is -3.73. The van der Waals surface area contributed by atoms with Gasteiger partial charge >= 0.3 is 0 Å². The highest BCUT2D eigenvalue weighted by atomic mass is 32.2. The van der Waals surface area contributed by atoms with E-state index in [0.29, 0.717) is 18.1 Å². The fraction of sp³-hybridized carbons (Fsp3) is 0.235. The first-order chi connectivity index (χ1) is 11.5. The van der Waals surface area contributed by atoms with E-state index in [0.717, 1.165) is 11.3 Å². The molecule has 0 aromatic heterocycles. The molecule has 0 fully saturated rings. The Morgan fingerprint density at radius 1 is 1.04 bits per heavy atom. The van der Waals surface area contributed by atoms with Crippen LogP contribution >= 0.6 is 0 Å². The van der Waals surface area contributed by atoms with Crippen LogP contribution in [0.15, 0.2) is 58.5 Å². The summed E-state index contributed by atoms with van der Waals surface area (Å²) in [4.78, 5) is 2.36. The normalized spacial score (nSPS) is 11.9. The fourth-order valence-corrected chi connectivity index (χ4v) is 2.82. The van der Waals surface area contributed by atoms with Gasteiger partial charge in [0.05, 0.1) is 24.3 Å². The first kappa shape index (κ1) is 17.8. The second-order valence-corrected chi connectivity index (χ2v) is 6.59. The largest absolute Gasteiger partial charge is 0.497 e. The molecule has 0 saturated carbocycles. The van der Waals surface area contributed by atoms with Gasteiger partial charge in [-0.2, -0.15) is 18.4 Å². The quantitative estimate of drug-likeness (QED) is 0.616. The molecule has 0 aliphatic carbocycles. The number of hydrazone groups is 1. The maximum absolute atomic E-state index is 12.3.